The van der Waals surface area contributed by atoms with Crippen LogP contribution in [-0.4, -0.2) is 11.1 Å². The fourth-order valence-electron chi connectivity index (χ4n) is 2.85. The summed E-state index contributed by atoms with van der Waals surface area (Å²) in [6, 6.07) is 9.32. The van der Waals surface area contributed by atoms with Crippen molar-refractivity contribution in [1.29, 1.82) is 5.26 Å². The van der Waals surface area contributed by atoms with Gasteiger partial charge in [-0.1, -0.05) is 41.9 Å². The number of thiophene rings is 1. The largest absolute Gasteiger partial charge is 0.360 e. The van der Waals surface area contributed by atoms with E-state index in [0.29, 0.717) is 38.2 Å². The number of nitriles is 1. The first-order valence-electron chi connectivity index (χ1n) is 8.02. The molecule has 0 bridgehead atoms. The second kappa shape index (κ2) is 7.32. The van der Waals surface area contributed by atoms with Gasteiger partial charge in [-0.05, 0) is 31.9 Å². The summed E-state index contributed by atoms with van der Waals surface area (Å²) in [5.41, 5.74) is 2.78. The standard InChI is InChI=1S/C19H16ClN3O2S/c1-4-12-11(3)26-19(14(12)9-21)22-18(24)16-10(2)25-23-17(16)13-7-5-6-8-15(13)20/h5-8H,4H2,1-3H3,(H,22,24). The molecule has 0 aliphatic heterocycles. The third-order valence-electron chi connectivity index (χ3n) is 4.12. The van der Waals surface area contributed by atoms with Crippen molar-refractivity contribution >= 4 is 33.8 Å². The van der Waals surface area contributed by atoms with Crippen LogP contribution in [0.5, 0.6) is 0 Å². The Morgan fingerprint density at radius 1 is 1.38 bits per heavy atom. The zero-order valence-corrected chi connectivity index (χ0v) is 16.1. The molecule has 1 aromatic carbocycles. The minimum atomic E-state index is -0.376. The van der Waals surface area contributed by atoms with Crippen molar-refractivity contribution in [1.82, 2.24) is 5.16 Å². The molecule has 1 N–H and O–H groups in total. The molecule has 7 heteroatoms. The maximum absolute atomic E-state index is 12.9. The van der Waals surface area contributed by atoms with Gasteiger partial charge in [-0.25, -0.2) is 0 Å². The molecule has 2 heterocycles. The predicted octanol–water partition coefficient (Wildman–Crippen LogP) is 5.36. The van der Waals surface area contributed by atoms with Crippen LogP contribution in [0.1, 0.15) is 39.0 Å². The number of rotatable bonds is 4. The third-order valence-corrected chi connectivity index (χ3v) is 5.51. The van der Waals surface area contributed by atoms with Gasteiger partial charge in [0.1, 0.15) is 28.1 Å². The molecule has 0 saturated heterocycles. The van der Waals surface area contributed by atoms with Crippen LogP contribution in [0, 0.1) is 25.2 Å². The normalized spacial score (nSPS) is 10.6. The Balaban J connectivity index is 2.02. The number of anilines is 1. The van der Waals surface area contributed by atoms with E-state index in [2.05, 4.69) is 16.5 Å². The summed E-state index contributed by atoms with van der Waals surface area (Å²) in [4.78, 5) is 13.9. The van der Waals surface area contributed by atoms with E-state index in [1.165, 1.54) is 11.3 Å². The Kier molecular flexibility index (Phi) is 5.12. The van der Waals surface area contributed by atoms with E-state index in [4.69, 9.17) is 16.1 Å². The van der Waals surface area contributed by atoms with E-state index in [9.17, 15) is 10.1 Å². The highest BCUT2D eigenvalue weighted by molar-refractivity contribution is 7.16. The van der Waals surface area contributed by atoms with E-state index < -0.39 is 0 Å². The zero-order valence-electron chi connectivity index (χ0n) is 14.5. The Morgan fingerprint density at radius 3 is 2.77 bits per heavy atom. The third kappa shape index (κ3) is 3.12. The maximum Gasteiger partial charge on any atom is 0.262 e. The van der Waals surface area contributed by atoms with E-state index in [0.717, 1.165) is 16.9 Å². The lowest BCUT2D eigenvalue weighted by atomic mass is 10.1. The predicted molar refractivity (Wildman–Crippen MR) is 103 cm³/mol. The monoisotopic (exact) mass is 385 g/mol. The number of carbonyl (C=O) groups excluding carboxylic acids is 1. The molecule has 0 fully saturated rings. The van der Waals surface area contributed by atoms with Crippen molar-refractivity contribution in [2.45, 2.75) is 27.2 Å². The van der Waals surface area contributed by atoms with Gasteiger partial charge in [0.2, 0.25) is 0 Å². The molecule has 26 heavy (non-hydrogen) atoms. The first kappa shape index (κ1) is 18.2. The zero-order chi connectivity index (χ0) is 18.8. The van der Waals surface area contributed by atoms with Crippen molar-refractivity contribution in [3.8, 4) is 17.3 Å². The van der Waals surface area contributed by atoms with E-state index in [1.54, 1.807) is 25.1 Å². The summed E-state index contributed by atoms with van der Waals surface area (Å²) in [6.07, 6.45) is 0.734. The van der Waals surface area contributed by atoms with Crippen molar-refractivity contribution in [3.05, 3.63) is 56.6 Å². The van der Waals surface area contributed by atoms with Crippen molar-refractivity contribution < 1.29 is 9.32 Å². The van der Waals surface area contributed by atoms with E-state index >= 15 is 0 Å². The highest BCUT2D eigenvalue weighted by atomic mass is 35.5. The molecule has 0 unspecified atom stereocenters. The van der Waals surface area contributed by atoms with Crippen LogP contribution < -0.4 is 5.32 Å². The number of benzene rings is 1. The van der Waals surface area contributed by atoms with Gasteiger partial charge in [-0.2, -0.15) is 5.26 Å². The van der Waals surface area contributed by atoms with Gasteiger partial charge < -0.3 is 9.84 Å². The first-order chi connectivity index (χ1) is 12.5. The molecule has 3 aromatic rings. The van der Waals surface area contributed by atoms with Gasteiger partial charge in [0.25, 0.3) is 5.91 Å². The van der Waals surface area contributed by atoms with E-state index in [-0.39, 0.29) is 5.91 Å². The number of halogens is 1. The van der Waals surface area contributed by atoms with Gasteiger partial charge in [0.05, 0.1) is 10.6 Å². The molecule has 0 aliphatic carbocycles. The quantitative estimate of drug-likeness (QED) is 0.655. The molecule has 0 aliphatic rings. The average molecular weight is 386 g/mol. The summed E-state index contributed by atoms with van der Waals surface area (Å²) in [5.74, 6) is 0.0130. The number of hydrogen-bond donors (Lipinski definition) is 1. The Bertz CT molecular complexity index is 1030. The molecular weight excluding hydrogens is 370 g/mol. The summed E-state index contributed by atoms with van der Waals surface area (Å²) in [5, 5.41) is 17.3. The molecule has 0 saturated carbocycles. The Morgan fingerprint density at radius 2 is 2.12 bits per heavy atom. The summed E-state index contributed by atoms with van der Waals surface area (Å²) in [7, 11) is 0. The van der Waals surface area contributed by atoms with Crippen molar-refractivity contribution in [2.75, 3.05) is 5.32 Å². The van der Waals surface area contributed by atoms with Crippen LogP contribution >= 0.6 is 22.9 Å². The van der Waals surface area contributed by atoms with Crippen LogP contribution in [0.25, 0.3) is 11.3 Å². The van der Waals surface area contributed by atoms with Gasteiger partial charge in [0.15, 0.2) is 0 Å². The van der Waals surface area contributed by atoms with Crippen molar-refractivity contribution in [3.63, 3.8) is 0 Å². The number of nitrogens with zero attached hydrogens (tertiary/aromatic N) is 2. The van der Waals surface area contributed by atoms with Crippen LogP contribution in [0.15, 0.2) is 28.8 Å². The lowest BCUT2D eigenvalue weighted by Gasteiger charge is -2.06. The minimum Gasteiger partial charge on any atom is -0.360 e. The molecular formula is C19H16ClN3O2S. The molecule has 0 radical (unpaired) electrons. The lowest BCUT2D eigenvalue weighted by Crippen LogP contribution is -2.13. The highest BCUT2D eigenvalue weighted by Crippen LogP contribution is 2.35. The topological polar surface area (TPSA) is 78.9 Å². The fourth-order valence-corrected chi connectivity index (χ4v) is 4.17. The summed E-state index contributed by atoms with van der Waals surface area (Å²) in [6.45, 7) is 5.60. The molecule has 132 valence electrons. The number of amides is 1. The maximum atomic E-state index is 12.9. The second-order valence-corrected chi connectivity index (χ2v) is 7.33. The number of aromatic nitrogens is 1. The number of aryl methyl sites for hydroxylation is 2. The average Bonchev–Trinajstić information content (AvgIpc) is 3.14. The second-order valence-electron chi connectivity index (χ2n) is 5.70. The number of nitrogens with one attached hydrogen (secondary N) is 1. The SMILES string of the molecule is CCc1c(C)sc(NC(=O)c2c(-c3ccccc3Cl)noc2C)c1C#N. The fraction of sp³-hybridized carbons (Fsp3) is 0.211. The molecule has 2 aromatic heterocycles. The molecule has 3 rings (SSSR count). The number of hydrogen-bond acceptors (Lipinski definition) is 5. The molecule has 5 nitrogen and oxygen atoms in total. The Hall–Kier alpha value is -2.62. The summed E-state index contributed by atoms with van der Waals surface area (Å²) < 4.78 is 5.24. The number of carbonyl (C=O) groups is 1. The van der Waals surface area contributed by atoms with E-state index in [1.807, 2.05) is 19.9 Å². The highest BCUT2D eigenvalue weighted by Gasteiger charge is 2.25. The van der Waals surface area contributed by atoms with Gasteiger partial charge in [0, 0.05) is 10.4 Å². The van der Waals surface area contributed by atoms with Crippen LogP contribution in [0.2, 0.25) is 5.02 Å². The van der Waals surface area contributed by atoms with Crippen LogP contribution in [-0.2, 0) is 6.42 Å². The smallest absolute Gasteiger partial charge is 0.262 e. The first-order valence-corrected chi connectivity index (χ1v) is 9.22. The van der Waals surface area contributed by atoms with Gasteiger partial charge >= 0.3 is 0 Å². The molecule has 1 amide bonds. The van der Waals surface area contributed by atoms with Gasteiger partial charge in [-0.3, -0.25) is 4.79 Å². The van der Waals surface area contributed by atoms with Crippen LogP contribution in [0.4, 0.5) is 5.00 Å². The van der Waals surface area contributed by atoms with Crippen molar-refractivity contribution in [2.24, 2.45) is 0 Å². The van der Waals surface area contributed by atoms with Gasteiger partial charge in [-0.15, -0.1) is 11.3 Å². The summed E-state index contributed by atoms with van der Waals surface area (Å²) >= 11 is 7.64. The minimum absolute atomic E-state index is 0.311. The van der Waals surface area contributed by atoms with Crippen LogP contribution in [0.3, 0.4) is 0 Å². The molecule has 0 spiro atoms. The Labute approximate surface area is 160 Å². The molecule has 0 atom stereocenters. The lowest BCUT2D eigenvalue weighted by molar-refractivity contribution is 0.102.